The van der Waals surface area contributed by atoms with Crippen molar-refractivity contribution < 1.29 is 9.59 Å². The number of benzene rings is 1. The maximum atomic E-state index is 12.5. The van der Waals surface area contributed by atoms with Crippen molar-refractivity contribution in [2.45, 2.75) is 34.2 Å². The quantitative estimate of drug-likeness (QED) is 0.566. The van der Waals surface area contributed by atoms with E-state index in [1.165, 1.54) is 13.0 Å². The molecule has 2 amide bonds. The number of nitrogens with one attached hydrogen (secondary N) is 2. The van der Waals surface area contributed by atoms with Gasteiger partial charge in [0, 0.05) is 30.4 Å². The number of amides is 2. The van der Waals surface area contributed by atoms with E-state index in [1.54, 1.807) is 35.9 Å². The van der Waals surface area contributed by atoms with Crippen molar-refractivity contribution in [1.82, 2.24) is 9.78 Å². The van der Waals surface area contributed by atoms with Gasteiger partial charge < -0.3 is 10.6 Å². The summed E-state index contributed by atoms with van der Waals surface area (Å²) in [7, 11) is 0. The van der Waals surface area contributed by atoms with Crippen molar-refractivity contribution in [2.75, 3.05) is 10.6 Å². The summed E-state index contributed by atoms with van der Waals surface area (Å²) in [6, 6.07) is 8.49. The van der Waals surface area contributed by atoms with Gasteiger partial charge in [-0.05, 0) is 43.2 Å². The highest BCUT2D eigenvalue weighted by Gasteiger charge is 2.16. The Kier molecular flexibility index (Phi) is 6.96. The lowest BCUT2D eigenvalue weighted by Gasteiger charge is -2.07. The summed E-state index contributed by atoms with van der Waals surface area (Å²) in [5.41, 5.74) is 2.22. The number of carbonyl (C=O) groups is 2. The summed E-state index contributed by atoms with van der Waals surface area (Å²) in [6.45, 7) is 7.93. The first-order valence-electron chi connectivity index (χ1n) is 8.75. The molecular weight excluding hydrogens is 378 g/mol. The molecule has 1 aromatic heterocycles. The van der Waals surface area contributed by atoms with E-state index in [9.17, 15) is 14.9 Å². The van der Waals surface area contributed by atoms with Crippen LogP contribution in [0.4, 0.5) is 11.4 Å². The Morgan fingerprint density at radius 2 is 1.82 bits per heavy atom. The molecule has 0 saturated heterocycles. The predicted molar refractivity (Wildman–Crippen MR) is 110 cm³/mol. The molecule has 28 heavy (non-hydrogen) atoms. The minimum absolute atomic E-state index is 0.0833. The fourth-order valence-corrected chi connectivity index (χ4v) is 2.83. The maximum absolute atomic E-state index is 12.5. The van der Waals surface area contributed by atoms with E-state index in [2.05, 4.69) is 15.7 Å². The molecule has 0 atom stereocenters. The summed E-state index contributed by atoms with van der Waals surface area (Å²) in [6.07, 6.45) is 1.45. The third-order valence-corrected chi connectivity index (χ3v) is 4.16. The van der Waals surface area contributed by atoms with Crippen molar-refractivity contribution >= 4 is 40.9 Å². The van der Waals surface area contributed by atoms with Crippen molar-refractivity contribution in [2.24, 2.45) is 5.92 Å². The number of aryl methyl sites for hydroxylation is 1. The number of hydrogen-bond acceptors (Lipinski definition) is 4. The van der Waals surface area contributed by atoms with Crippen LogP contribution in [0, 0.1) is 24.2 Å². The van der Waals surface area contributed by atoms with E-state index in [4.69, 9.17) is 11.6 Å². The first-order valence-corrected chi connectivity index (χ1v) is 9.12. The number of hydrogen-bond donors (Lipinski definition) is 2. The van der Waals surface area contributed by atoms with Gasteiger partial charge in [0.05, 0.1) is 5.69 Å². The summed E-state index contributed by atoms with van der Waals surface area (Å²) in [5.74, 6) is -0.383. The van der Waals surface area contributed by atoms with E-state index in [-0.39, 0.29) is 11.5 Å². The lowest BCUT2D eigenvalue weighted by Crippen LogP contribution is -2.13. The Balaban J connectivity index is 2.21. The van der Waals surface area contributed by atoms with E-state index >= 15 is 0 Å². The van der Waals surface area contributed by atoms with E-state index in [0.717, 1.165) is 0 Å². The number of anilines is 2. The van der Waals surface area contributed by atoms with Gasteiger partial charge in [0.1, 0.15) is 16.8 Å². The van der Waals surface area contributed by atoms with E-state index in [1.807, 2.05) is 19.9 Å². The average Bonchev–Trinajstić information content (AvgIpc) is 2.87. The smallest absolute Gasteiger partial charge is 0.266 e. The normalized spacial score (nSPS) is 11.2. The molecule has 146 valence electrons. The van der Waals surface area contributed by atoms with Crippen LogP contribution in [0.3, 0.4) is 0 Å². The molecule has 1 aromatic carbocycles. The number of carbonyl (C=O) groups excluding carboxylic acids is 2. The fourth-order valence-electron chi connectivity index (χ4n) is 2.53. The van der Waals surface area contributed by atoms with Crippen molar-refractivity contribution in [3.05, 3.63) is 46.2 Å². The van der Waals surface area contributed by atoms with Gasteiger partial charge in [0.25, 0.3) is 5.91 Å². The third kappa shape index (κ3) is 5.44. The van der Waals surface area contributed by atoms with Crippen LogP contribution in [0.15, 0.2) is 29.8 Å². The van der Waals surface area contributed by atoms with Crippen LogP contribution in [0.2, 0.25) is 5.15 Å². The highest BCUT2D eigenvalue weighted by Crippen LogP contribution is 2.24. The second-order valence-electron chi connectivity index (χ2n) is 6.75. The van der Waals surface area contributed by atoms with Gasteiger partial charge in [-0.3, -0.25) is 14.3 Å². The molecule has 0 aliphatic rings. The largest absolute Gasteiger partial charge is 0.326 e. The Morgan fingerprint density at radius 1 is 1.25 bits per heavy atom. The molecule has 2 N–H and O–H groups in total. The first kappa shape index (κ1) is 21.2. The highest BCUT2D eigenvalue weighted by atomic mass is 35.5. The Bertz CT molecular complexity index is 952. The highest BCUT2D eigenvalue weighted by molar-refractivity contribution is 6.31. The van der Waals surface area contributed by atoms with Crippen molar-refractivity contribution in [3.8, 4) is 6.07 Å². The summed E-state index contributed by atoms with van der Waals surface area (Å²) in [5, 5.41) is 19.5. The zero-order chi connectivity index (χ0) is 20.8. The van der Waals surface area contributed by atoms with Gasteiger partial charge in [0.15, 0.2) is 0 Å². The third-order valence-electron chi connectivity index (χ3n) is 3.76. The topological polar surface area (TPSA) is 99.8 Å². The lowest BCUT2D eigenvalue weighted by molar-refractivity contribution is -0.114. The Hall–Kier alpha value is -3.11. The van der Waals surface area contributed by atoms with Crippen LogP contribution in [0.5, 0.6) is 0 Å². The number of halogens is 1. The fraction of sp³-hybridized carbons (Fsp3) is 0.300. The van der Waals surface area contributed by atoms with Crippen LogP contribution < -0.4 is 10.6 Å². The second-order valence-corrected chi connectivity index (χ2v) is 7.11. The maximum Gasteiger partial charge on any atom is 0.266 e. The first-order chi connectivity index (χ1) is 13.2. The molecule has 7 nitrogen and oxygen atoms in total. The van der Waals surface area contributed by atoms with Gasteiger partial charge in [-0.15, -0.1) is 0 Å². The van der Waals surface area contributed by atoms with Crippen LogP contribution in [-0.2, 0) is 16.1 Å². The second kappa shape index (κ2) is 9.20. The monoisotopic (exact) mass is 399 g/mol. The number of nitriles is 1. The molecule has 2 rings (SSSR count). The summed E-state index contributed by atoms with van der Waals surface area (Å²) in [4.78, 5) is 23.5. The predicted octanol–water partition coefficient (Wildman–Crippen LogP) is 4.01. The zero-order valence-electron chi connectivity index (χ0n) is 16.2. The van der Waals surface area contributed by atoms with Crippen LogP contribution in [0.1, 0.15) is 32.0 Å². The SMILES string of the molecule is CC(=O)Nc1ccc(NC(=O)/C(C#N)=C/c2c(C)nn(CC(C)C)c2Cl)cc1. The molecule has 0 aliphatic heterocycles. The van der Waals surface area contributed by atoms with Gasteiger partial charge in [-0.1, -0.05) is 25.4 Å². The van der Waals surface area contributed by atoms with Crippen LogP contribution in [-0.4, -0.2) is 21.6 Å². The van der Waals surface area contributed by atoms with Crippen LogP contribution >= 0.6 is 11.6 Å². The van der Waals surface area contributed by atoms with Crippen molar-refractivity contribution in [3.63, 3.8) is 0 Å². The van der Waals surface area contributed by atoms with E-state index < -0.39 is 5.91 Å². The number of nitrogens with zero attached hydrogens (tertiary/aromatic N) is 3. The van der Waals surface area contributed by atoms with Gasteiger partial charge in [0.2, 0.25) is 5.91 Å². The Morgan fingerprint density at radius 3 is 2.32 bits per heavy atom. The minimum Gasteiger partial charge on any atom is -0.326 e. The standard InChI is InChI=1S/C20H22ClN5O2/c1-12(2)11-26-19(21)18(13(3)25-26)9-15(10-22)20(28)24-17-7-5-16(6-8-17)23-14(4)27/h5-9,12H,11H2,1-4H3,(H,23,27)(H,24,28)/b15-9+. The molecule has 0 bridgehead atoms. The van der Waals surface area contributed by atoms with E-state index in [0.29, 0.717) is 40.2 Å². The molecule has 1 heterocycles. The number of aromatic nitrogens is 2. The van der Waals surface area contributed by atoms with Crippen LogP contribution in [0.25, 0.3) is 6.08 Å². The van der Waals surface area contributed by atoms with Gasteiger partial charge >= 0.3 is 0 Å². The van der Waals surface area contributed by atoms with Gasteiger partial charge in [-0.2, -0.15) is 10.4 Å². The average molecular weight is 400 g/mol. The summed E-state index contributed by atoms with van der Waals surface area (Å²) < 4.78 is 1.67. The molecule has 8 heteroatoms. The minimum atomic E-state index is -0.554. The lowest BCUT2D eigenvalue weighted by atomic mass is 10.1. The molecule has 0 spiro atoms. The summed E-state index contributed by atoms with van der Waals surface area (Å²) >= 11 is 6.38. The molecule has 0 fully saturated rings. The number of rotatable bonds is 6. The molecule has 0 saturated carbocycles. The van der Waals surface area contributed by atoms with Gasteiger partial charge in [-0.25, -0.2) is 0 Å². The molecule has 2 aromatic rings. The molecule has 0 radical (unpaired) electrons. The Labute approximate surface area is 169 Å². The molecule has 0 unspecified atom stereocenters. The van der Waals surface area contributed by atoms with Crippen molar-refractivity contribution in [1.29, 1.82) is 5.26 Å². The zero-order valence-corrected chi connectivity index (χ0v) is 17.0. The molecular formula is C20H22ClN5O2. The molecule has 0 aliphatic carbocycles.